The van der Waals surface area contributed by atoms with Crippen molar-refractivity contribution in [2.75, 3.05) is 4.90 Å². The van der Waals surface area contributed by atoms with Crippen LogP contribution in [0.4, 0.5) is 17.1 Å². The summed E-state index contributed by atoms with van der Waals surface area (Å²) in [4.78, 5) is 2.28. The summed E-state index contributed by atoms with van der Waals surface area (Å²) in [5, 5.41) is 6.70. The molecule has 0 fully saturated rings. The maximum atomic E-state index is 6.81. The molecule has 43 heavy (non-hydrogen) atoms. The van der Waals surface area contributed by atoms with Crippen molar-refractivity contribution in [1.82, 2.24) is 0 Å². The first kappa shape index (κ1) is 23.9. The molecule has 3 heteroatoms. The van der Waals surface area contributed by atoms with Gasteiger partial charge in [0.1, 0.15) is 16.7 Å². The highest BCUT2D eigenvalue weighted by molar-refractivity contribution is 6.17. The number of benzene rings is 7. The monoisotopic (exact) mass is 551 g/mol. The van der Waals surface area contributed by atoms with Crippen LogP contribution in [0, 0.1) is 0 Å². The van der Waals surface area contributed by atoms with Crippen molar-refractivity contribution in [2.45, 2.75) is 0 Å². The highest BCUT2D eigenvalue weighted by Gasteiger charge is 2.21. The molecule has 0 radical (unpaired) electrons. The molecule has 0 N–H and O–H groups in total. The predicted octanol–water partition coefficient (Wildman–Crippen LogP) is 11.8. The second-order valence-electron chi connectivity index (χ2n) is 10.9. The van der Waals surface area contributed by atoms with Gasteiger partial charge in [0.25, 0.3) is 0 Å². The smallest absolute Gasteiger partial charge is 0.159 e. The lowest BCUT2D eigenvalue weighted by molar-refractivity contribution is 0.668. The Morgan fingerprint density at radius 1 is 0.372 bits per heavy atom. The van der Waals surface area contributed by atoms with Crippen molar-refractivity contribution >= 4 is 71.7 Å². The summed E-state index contributed by atoms with van der Waals surface area (Å²) in [6.45, 7) is 0. The third-order valence-electron chi connectivity index (χ3n) is 8.44. The van der Waals surface area contributed by atoms with Crippen LogP contribution in [0.3, 0.4) is 0 Å². The number of rotatable bonds is 4. The molecule has 0 spiro atoms. The zero-order valence-corrected chi connectivity index (χ0v) is 23.2. The average molecular weight is 552 g/mol. The zero-order chi connectivity index (χ0) is 28.3. The predicted molar refractivity (Wildman–Crippen MR) is 179 cm³/mol. The van der Waals surface area contributed by atoms with Crippen molar-refractivity contribution in [3.63, 3.8) is 0 Å². The molecule has 0 unspecified atom stereocenters. The van der Waals surface area contributed by atoms with Crippen LogP contribution in [-0.4, -0.2) is 0 Å². The molecule has 0 aliphatic heterocycles. The fourth-order valence-electron chi connectivity index (χ4n) is 6.42. The standard InChI is InChI=1S/C40H25NO2/c1-2-10-26(11-3-1)28-13-8-14-29(24-28)41(30-21-23-33-32-16-6-7-19-37(32)42-38(33)25-30)36-18-9-17-34-35-22-20-27-12-4-5-15-31(27)39(35)43-40(34)36/h1-25H. The molecule has 7 aromatic carbocycles. The van der Waals surface area contributed by atoms with Gasteiger partial charge in [-0.05, 0) is 59.0 Å². The Morgan fingerprint density at radius 2 is 1.05 bits per heavy atom. The Labute approximate surface area is 247 Å². The Hall–Kier alpha value is -5.80. The molecular weight excluding hydrogens is 526 g/mol. The Bertz CT molecular complexity index is 2470. The van der Waals surface area contributed by atoms with Gasteiger partial charge in [-0.25, -0.2) is 0 Å². The third-order valence-corrected chi connectivity index (χ3v) is 8.44. The van der Waals surface area contributed by atoms with Crippen LogP contribution in [0.2, 0.25) is 0 Å². The first-order valence-corrected chi connectivity index (χ1v) is 14.5. The quantitative estimate of drug-likeness (QED) is 0.218. The summed E-state index contributed by atoms with van der Waals surface area (Å²) < 4.78 is 13.1. The van der Waals surface area contributed by atoms with Crippen LogP contribution in [0.1, 0.15) is 0 Å². The topological polar surface area (TPSA) is 29.5 Å². The minimum Gasteiger partial charge on any atom is -0.456 e. The molecule has 0 aliphatic rings. The number of hydrogen-bond donors (Lipinski definition) is 0. The Balaban J connectivity index is 1.32. The van der Waals surface area contributed by atoms with E-state index in [0.717, 1.165) is 71.9 Å². The largest absolute Gasteiger partial charge is 0.456 e. The maximum Gasteiger partial charge on any atom is 0.159 e. The second kappa shape index (κ2) is 9.37. The van der Waals surface area contributed by atoms with E-state index in [2.05, 4.69) is 138 Å². The molecule has 0 saturated carbocycles. The van der Waals surface area contributed by atoms with Gasteiger partial charge in [0, 0.05) is 38.7 Å². The van der Waals surface area contributed by atoms with Gasteiger partial charge in [-0.3, -0.25) is 0 Å². The summed E-state index contributed by atoms with van der Waals surface area (Å²) in [6.07, 6.45) is 0. The first-order chi connectivity index (χ1) is 21.3. The van der Waals surface area contributed by atoms with Crippen LogP contribution >= 0.6 is 0 Å². The Kier molecular flexibility index (Phi) is 5.20. The van der Waals surface area contributed by atoms with E-state index in [0.29, 0.717) is 0 Å². The lowest BCUT2D eigenvalue weighted by Crippen LogP contribution is -2.10. The fraction of sp³-hybridized carbons (Fsp3) is 0. The van der Waals surface area contributed by atoms with Gasteiger partial charge in [-0.1, -0.05) is 103 Å². The van der Waals surface area contributed by atoms with Crippen LogP contribution in [-0.2, 0) is 0 Å². The molecule has 9 aromatic rings. The second-order valence-corrected chi connectivity index (χ2v) is 10.9. The summed E-state index contributed by atoms with van der Waals surface area (Å²) in [7, 11) is 0. The number of anilines is 3. The molecule has 0 bridgehead atoms. The van der Waals surface area contributed by atoms with Gasteiger partial charge in [0.05, 0.1) is 11.4 Å². The first-order valence-electron chi connectivity index (χ1n) is 14.5. The molecule has 2 heterocycles. The van der Waals surface area contributed by atoms with Crippen molar-refractivity contribution in [1.29, 1.82) is 0 Å². The van der Waals surface area contributed by atoms with Gasteiger partial charge in [-0.2, -0.15) is 0 Å². The lowest BCUT2D eigenvalue weighted by Gasteiger charge is -2.26. The van der Waals surface area contributed by atoms with Crippen LogP contribution < -0.4 is 4.90 Å². The highest BCUT2D eigenvalue weighted by Crippen LogP contribution is 2.45. The molecule has 0 saturated heterocycles. The highest BCUT2D eigenvalue weighted by atomic mass is 16.3. The molecule has 9 rings (SSSR count). The maximum absolute atomic E-state index is 6.81. The molecule has 2 aromatic heterocycles. The summed E-state index contributed by atoms with van der Waals surface area (Å²) in [5.41, 5.74) is 8.82. The minimum absolute atomic E-state index is 0.851. The normalized spacial score (nSPS) is 11.7. The molecular formula is C40H25NO2. The van der Waals surface area contributed by atoms with E-state index in [1.165, 1.54) is 10.9 Å². The molecule has 3 nitrogen and oxygen atoms in total. The third kappa shape index (κ3) is 3.75. The Morgan fingerprint density at radius 3 is 1.98 bits per heavy atom. The van der Waals surface area contributed by atoms with Crippen molar-refractivity contribution in [2.24, 2.45) is 0 Å². The van der Waals surface area contributed by atoms with E-state index < -0.39 is 0 Å². The van der Waals surface area contributed by atoms with E-state index in [1.807, 2.05) is 18.2 Å². The minimum atomic E-state index is 0.851. The summed E-state index contributed by atoms with van der Waals surface area (Å²) in [6, 6.07) is 53.0. The number of para-hydroxylation sites is 2. The van der Waals surface area contributed by atoms with Crippen LogP contribution in [0.25, 0.3) is 65.8 Å². The van der Waals surface area contributed by atoms with Crippen molar-refractivity contribution in [3.8, 4) is 11.1 Å². The van der Waals surface area contributed by atoms with E-state index >= 15 is 0 Å². The van der Waals surface area contributed by atoms with Crippen LogP contribution in [0.5, 0.6) is 0 Å². The number of nitrogens with zero attached hydrogens (tertiary/aromatic N) is 1. The molecule has 0 amide bonds. The van der Waals surface area contributed by atoms with E-state index in [-0.39, 0.29) is 0 Å². The van der Waals surface area contributed by atoms with Gasteiger partial charge in [-0.15, -0.1) is 0 Å². The summed E-state index contributed by atoms with van der Waals surface area (Å²) >= 11 is 0. The zero-order valence-electron chi connectivity index (χ0n) is 23.2. The number of furan rings is 2. The van der Waals surface area contributed by atoms with Crippen LogP contribution in [0.15, 0.2) is 160 Å². The van der Waals surface area contributed by atoms with Gasteiger partial charge < -0.3 is 13.7 Å². The summed E-state index contributed by atoms with van der Waals surface area (Å²) in [5.74, 6) is 0. The van der Waals surface area contributed by atoms with E-state index in [9.17, 15) is 0 Å². The fourth-order valence-corrected chi connectivity index (χ4v) is 6.42. The number of hydrogen-bond acceptors (Lipinski definition) is 3. The average Bonchev–Trinajstić information content (AvgIpc) is 3.64. The van der Waals surface area contributed by atoms with Crippen molar-refractivity contribution in [3.05, 3.63) is 152 Å². The van der Waals surface area contributed by atoms with E-state index in [1.54, 1.807) is 0 Å². The van der Waals surface area contributed by atoms with Crippen molar-refractivity contribution < 1.29 is 8.83 Å². The molecule has 0 aliphatic carbocycles. The van der Waals surface area contributed by atoms with Gasteiger partial charge in [0.2, 0.25) is 0 Å². The van der Waals surface area contributed by atoms with E-state index in [4.69, 9.17) is 8.83 Å². The number of fused-ring (bicyclic) bond motifs is 8. The molecule has 202 valence electrons. The van der Waals surface area contributed by atoms with Gasteiger partial charge in [0.15, 0.2) is 5.58 Å². The SMILES string of the molecule is c1ccc(-c2cccc(N(c3ccc4c(c3)oc3ccccc34)c3cccc4c3oc3c5ccccc5ccc43)c2)cc1. The molecule has 0 atom stereocenters. The lowest BCUT2D eigenvalue weighted by atomic mass is 10.0. The van der Waals surface area contributed by atoms with Gasteiger partial charge >= 0.3 is 0 Å².